The summed E-state index contributed by atoms with van der Waals surface area (Å²) in [5.41, 5.74) is 1.10. The second-order valence-electron chi connectivity index (χ2n) is 7.52. The van der Waals surface area contributed by atoms with Crippen LogP contribution in [0.2, 0.25) is 0 Å². The molecule has 0 spiro atoms. The van der Waals surface area contributed by atoms with Crippen LogP contribution in [0.1, 0.15) is 30.8 Å². The molecule has 8 nitrogen and oxygen atoms in total. The van der Waals surface area contributed by atoms with Crippen LogP contribution in [-0.2, 0) is 23.1 Å². The number of aromatic nitrogens is 3. The van der Waals surface area contributed by atoms with E-state index in [2.05, 4.69) is 19.5 Å². The Kier molecular flexibility index (Phi) is 7.07. The van der Waals surface area contributed by atoms with Gasteiger partial charge in [0.15, 0.2) is 5.82 Å². The topological polar surface area (TPSA) is 89.3 Å². The van der Waals surface area contributed by atoms with E-state index in [1.54, 1.807) is 14.0 Å². The maximum Gasteiger partial charge on any atom is 0.227 e. The molecule has 1 aromatic heterocycles. The minimum absolute atomic E-state index is 0.453. The predicted octanol–water partition coefficient (Wildman–Crippen LogP) is 2.29. The third-order valence-corrected chi connectivity index (χ3v) is 6.91. The Labute approximate surface area is 177 Å². The van der Waals surface area contributed by atoms with E-state index >= 15 is 0 Å². The molecule has 3 rings (SSSR count). The molecule has 1 aromatic carbocycles. The zero-order valence-corrected chi connectivity index (χ0v) is 19.0. The molecule has 2 heterocycles. The zero-order valence-electron chi connectivity index (χ0n) is 17.3. The van der Waals surface area contributed by atoms with Crippen molar-refractivity contribution in [2.45, 2.75) is 32.5 Å². The van der Waals surface area contributed by atoms with Crippen LogP contribution in [0.5, 0.6) is 5.75 Å². The second-order valence-corrected chi connectivity index (χ2v) is 10.4. The maximum atomic E-state index is 11.7. The molecule has 1 fully saturated rings. The number of hydrogen-bond donors (Lipinski definition) is 1. The summed E-state index contributed by atoms with van der Waals surface area (Å²) in [6, 6.07) is 7.47. The lowest BCUT2D eigenvalue weighted by atomic mass is 10.1. The van der Waals surface area contributed by atoms with Crippen LogP contribution in [0, 0.1) is 5.92 Å². The number of methoxy groups -OCH3 is 1. The summed E-state index contributed by atoms with van der Waals surface area (Å²) in [5.74, 6) is 4.98. The monoisotopic (exact) mass is 439 g/mol. The molecule has 160 valence electrons. The van der Waals surface area contributed by atoms with Gasteiger partial charge in [0, 0.05) is 20.1 Å². The van der Waals surface area contributed by atoms with Crippen molar-refractivity contribution in [3.05, 3.63) is 35.7 Å². The highest BCUT2D eigenvalue weighted by molar-refractivity contribution is 7.99. The molecule has 29 heavy (non-hydrogen) atoms. The lowest BCUT2D eigenvalue weighted by Crippen LogP contribution is -2.29. The Balaban J connectivity index is 1.87. The van der Waals surface area contributed by atoms with Crippen LogP contribution in [-0.4, -0.2) is 55.1 Å². The molecule has 1 aliphatic heterocycles. The van der Waals surface area contributed by atoms with Crippen molar-refractivity contribution in [1.82, 2.24) is 19.5 Å². The summed E-state index contributed by atoms with van der Waals surface area (Å²) in [7, 11) is 0.283. The maximum absolute atomic E-state index is 11.7. The Morgan fingerprint density at radius 3 is 2.86 bits per heavy atom. The molecular weight excluding hydrogens is 410 g/mol. The van der Waals surface area contributed by atoms with Gasteiger partial charge in [0.25, 0.3) is 0 Å². The minimum atomic E-state index is -3.35. The minimum Gasteiger partial charge on any atom is -0.497 e. The van der Waals surface area contributed by atoms with Gasteiger partial charge < -0.3 is 9.64 Å². The number of hydrogen-bond acceptors (Lipinski definition) is 7. The van der Waals surface area contributed by atoms with Crippen molar-refractivity contribution < 1.29 is 13.2 Å². The zero-order chi connectivity index (χ0) is 21.0. The molecule has 0 saturated carbocycles. The van der Waals surface area contributed by atoms with Gasteiger partial charge in [0.1, 0.15) is 5.75 Å². The SMILES string of the molecule is COc1cccc(CN(C)c2nnc(C(C)NS(C)(=O)=O)n2CC2CCSC2)c1. The van der Waals surface area contributed by atoms with Crippen LogP contribution in [0.3, 0.4) is 0 Å². The molecular formula is C19H29N5O3S2. The first-order chi connectivity index (χ1) is 13.8. The van der Waals surface area contributed by atoms with E-state index in [1.807, 2.05) is 48.0 Å². The first-order valence-electron chi connectivity index (χ1n) is 9.59. The molecule has 2 aromatic rings. The third-order valence-electron chi connectivity index (χ3n) is 4.90. The van der Waals surface area contributed by atoms with Crippen molar-refractivity contribution in [2.24, 2.45) is 5.92 Å². The van der Waals surface area contributed by atoms with Crippen molar-refractivity contribution >= 4 is 27.7 Å². The Morgan fingerprint density at radius 2 is 2.21 bits per heavy atom. The first-order valence-corrected chi connectivity index (χ1v) is 12.6. The highest BCUT2D eigenvalue weighted by Crippen LogP contribution is 2.28. The van der Waals surface area contributed by atoms with Gasteiger partial charge in [-0.2, -0.15) is 11.8 Å². The fraction of sp³-hybridized carbons (Fsp3) is 0.579. The number of benzene rings is 1. The van der Waals surface area contributed by atoms with Gasteiger partial charge in [-0.15, -0.1) is 10.2 Å². The number of nitrogens with zero attached hydrogens (tertiary/aromatic N) is 4. The fourth-order valence-electron chi connectivity index (χ4n) is 3.56. The Hall–Kier alpha value is -1.78. The smallest absolute Gasteiger partial charge is 0.227 e. The van der Waals surface area contributed by atoms with E-state index in [0.29, 0.717) is 18.3 Å². The lowest BCUT2D eigenvalue weighted by Gasteiger charge is -2.23. The number of anilines is 1. The van der Waals surface area contributed by atoms with Crippen LogP contribution in [0.25, 0.3) is 0 Å². The van der Waals surface area contributed by atoms with Crippen LogP contribution in [0.15, 0.2) is 24.3 Å². The van der Waals surface area contributed by atoms with Crippen molar-refractivity contribution in [2.75, 3.05) is 36.8 Å². The molecule has 2 unspecified atom stereocenters. The van der Waals surface area contributed by atoms with Crippen LogP contribution >= 0.6 is 11.8 Å². The lowest BCUT2D eigenvalue weighted by molar-refractivity contribution is 0.414. The number of thioether (sulfide) groups is 1. The van der Waals surface area contributed by atoms with E-state index in [1.165, 1.54) is 0 Å². The summed E-state index contributed by atoms with van der Waals surface area (Å²) >= 11 is 1.96. The Bertz CT molecular complexity index is 926. The molecule has 0 bridgehead atoms. The van der Waals surface area contributed by atoms with Crippen LogP contribution < -0.4 is 14.4 Å². The van der Waals surface area contributed by atoms with E-state index in [0.717, 1.165) is 48.0 Å². The molecule has 1 N–H and O–H groups in total. The average Bonchev–Trinajstić information content (AvgIpc) is 3.30. The summed E-state index contributed by atoms with van der Waals surface area (Å²) in [6.45, 7) is 3.22. The molecule has 1 saturated heterocycles. The normalized spacial score (nSPS) is 18.0. The summed E-state index contributed by atoms with van der Waals surface area (Å²) in [4.78, 5) is 2.04. The number of nitrogens with one attached hydrogen (secondary N) is 1. The van der Waals surface area contributed by atoms with Crippen molar-refractivity contribution in [1.29, 1.82) is 0 Å². The van der Waals surface area contributed by atoms with Gasteiger partial charge in [0.05, 0.1) is 19.4 Å². The molecule has 0 radical (unpaired) electrons. The fourth-order valence-corrected chi connectivity index (χ4v) is 5.58. The number of ether oxygens (including phenoxy) is 1. The predicted molar refractivity (Wildman–Crippen MR) is 117 cm³/mol. The van der Waals surface area contributed by atoms with E-state index in [4.69, 9.17) is 4.74 Å². The quantitative estimate of drug-likeness (QED) is 0.641. The highest BCUT2D eigenvalue weighted by atomic mass is 32.2. The largest absolute Gasteiger partial charge is 0.497 e. The molecule has 2 atom stereocenters. The third kappa shape index (κ3) is 5.86. The standard InChI is InChI=1S/C19H29N5O3S2/c1-14(22-29(4,25)26)18-20-21-19(24(18)12-16-8-9-28-13-16)23(2)11-15-6-5-7-17(10-15)27-3/h5-7,10,14,16,22H,8-9,11-13H2,1-4H3. The Morgan fingerprint density at radius 1 is 1.41 bits per heavy atom. The summed E-state index contributed by atoms with van der Waals surface area (Å²) in [5, 5.41) is 8.77. The van der Waals surface area contributed by atoms with E-state index in [-0.39, 0.29) is 0 Å². The van der Waals surface area contributed by atoms with Crippen molar-refractivity contribution in [3.63, 3.8) is 0 Å². The number of sulfonamides is 1. The van der Waals surface area contributed by atoms with Gasteiger partial charge in [-0.1, -0.05) is 12.1 Å². The summed E-state index contributed by atoms with van der Waals surface area (Å²) < 4.78 is 33.5. The van der Waals surface area contributed by atoms with Gasteiger partial charge in [-0.3, -0.25) is 4.57 Å². The molecule has 0 aliphatic carbocycles. The number of rotatable bonds is 9. The average molecular weight is 440 g/mol. The van der Waals surface area contributed by atoms with Gasteiger partial charge >= 0.3 is 0 Å². The van der Waals surface area contributed by atoms with Crippen LogP contribution in [0.4, 0.5) is 5.95 Å². The van der Waals surface area contributed by atoms with Gasteiger partial charge in [-0.05, 0) is 48.5 Å². The molecule has 1 aliphatic rings. The second kappa shape index (κ2) is 9.36. The van der Waals surface area contributed by atoms with E-state index in [9.17, 15) is 8.42 Å². The first kappa shape index (κ1) is 21.9. The molecule has 0 amide bonds. The van der Waals surface area contributed by atoms with E-state index < -0.39 is 16.1 Å². The summed E-state index contributed by atoms with van der Waals surface area (Å²) in [6.07, 6.45) is 2.31. The van der Waals surface area contributed by atoms with Crippen molar-refractivity contribution in [3.8, 4) is 5.75 Å². The van der Waals surface area contributed by atoms with Gasteiger partial charge in [-0.25, -0.2) is 13.1 Å². The van der Waals surface area contributed by atoms with Gasteiger partial charge in [0.2, 0.25) is 16.0 Å². The highest BCUT2D eigenvalue weighted by Gasteiger charge is 2.25. The molecule has 10 heteroatoms.